The Morgan fingerprint density at radius 3 is 2.35 bits per heavy atom. The number of hydrogen-bond donors (Lipinski definition) is 0. The van der Waals surface area contributed by atoms with Gasteiger partial charge in [0, 0.05) is 0 Å². The lowest BCUT2D eigenvalue weighted by molar-refractivity contribution is -0.148. The number of benzene rings is 1. The van der Waals surface area contributed by atoms with Crippen molar-refractivity contribution in [2.45, 2.75) is 104 Å². The van der Waals surface area contributed by atoms with Crippen molar-refractivity contribution in [3.63, 3.8) is 0 Å². The molecule has 1 saturated heterocycles. The Bertz CT molecular complexity index is 787. The highest BCUT2D eigenvalue weighted by atomic mass is 16.6. The zero-order valence-electron chi connectivity index (χ0n) is 21.6. The largest absolute Gasteiger partial charge is 0.469 e. The fourth-order valence-corrected chi connectivity index (χ4v) is 5.72. The van der Waals surface area contributed by atoms with Crippen molar-refractivity contribution in [3.8, 4) is 0 Å². The summed E-state index contributed by atoms with van der Waals surface area (Å²) in [5.74, 6) is 0.538. The number of nitrogens with zero attached hydrogens (tertiary/aromatic N) is 1. The Balaban J connectivity index is 1.75. The van der Waals surface area contributed by atoms with Crippen LogP contribution in [0.15, 0.2) is 30.3 Å². The zero-order valence-corrected chi connectivity index (χ0v) is 21.6. The highest BCUT2D eigenvalue weighted by Crippen LogP contribution is 2.40. The van der Waals surface area contributed by atoms with Gasteiger partial charge in [-0.25, -0.2) is 4.79 Å². The molecule has 34 heavy (non-hydrogen) atoms. The molecule has 3 atom stereocenters. The second-order valence-electron chi connectivity index (χ2n) is 10.9. The van der Waals surface area contributed by atoms with E-state index in [4.69, 9.17) is 14.2 Å². The summed E-state index contributed by atoms with van der Waals surface area (Å²) < 4.78 is 17.4. The van der Waals surface area contributed by atoms with Gasteiger partial charge in [-0.2, -0.15) is 0 Å². The van der Waals surface area contributed by atoms with E-state index in [-0.39, 0.29) is 36.7 Å². The molecule has 0 radical (unpaired) electrons. The summed E-state index contributed by atoms with van der Waals surface area (Å²) in [7, 11) is 1.47. The van der Waals surface area contributed by atoms with E-state index < -0.39 is 5.72 Å². The van der Waals surface area contributed by atoms with Crippen LogP contribution in [0.3, 0.4) is 0 Å². The van der Waals surface area contributed by atoms with Crippen molar-refractivity contribution < 1.29 is 23.8 Å². The van der Waals surface area contributed by atoms with Crippen LogP contribution < -0.4 is 0 Å². The lowest BCUT2D eigenvalue weighted by atomic mass is 9.80. The molecule has 1 aromatic carbocycles. The number of ether oxygens (including phenoxy) is 3. The molecule has 6 heteroatoms. The van der Waals surface area contributed by atoms with Gasteiger partial charge in [-0.05, 0) is 50.5 Å². The summed E-state index contributed by atoms with van der Waals surface area (Å²) >= 11 is 0. The van der Waals surface area contributed by atoms with Crippen molar-refractivity contribution in [2.24, 2.45) is 17.8 Å². The smallest absolute Gasteiger partial charge is 0.412 e. The average molecular weight is 474 g/mol. The molecule has 2 fully saturated rings. The summed E-state index contributed by atoms with van der Waals surface area (Å²) in [5, 5.41) is 0. The quantitative estimate of drug-likeness (QED) is 0.392. The van der Waals surface area contributed by atoms with E-state index in [0.29, 0.717) is 18.3 Å². The minimum atomic E-state index is -0.816. The van der Waals surface area contributed by atoms with Crippen LogP contribution in [0.1, 0.15) is 84.6 Å². The minimum Gasteiger partial charge on any atom is -0.469 e. The van der Waals surface area contributed by atoms with Crippen LogP contribution in [0.5, 0.6) is 0 Å². The minimum absolute atomic E-state index is 0.156. The molecule has 0 unspecified atom stereocenters. The number of amides is 1. The predicted octanol–water partition coefficient (Wildman–Crippen LogP) is 6.32. The van der Waals surface area contributed by atoms with E-state index >= 15 is 0 Å². The molecule has 3 rings (SSSR count). The molecule has 1 aromatic rings. The molecule has 1 aliphatic heterocycles. The topological polar surface area (TPSA) is 65.1 Å². The van der Waals surface area contributed by atoms with Gasteiger partial charge in [0.1, 0.15) is 12.3 Å². The van der Waals surface area contributed by atoms with Gasteiger partial charge < -0.3 is 14.2 Å². The first-order chi connectivity index (χ1) is 16.2. The number of hydrogen-bond acceptors (Lipinski definition) is 5. The molecule has 6 nitrogen and oxygen atoms in total. The predicted molar refractivity (Wildman–Crippen MR) is 132 cm³/mol. The maximum Gasteiger partial charge on any atom is 0.412 e. The Hall–Kier alpha value is -2.08. The van der Waals surface area contributed by atoms with E-state index in [9.17, 15) is 9.59 Å². The van der Waals surface area contributed by atoms with Gasteiger partial charge in [0.15, 0.2) is 0 Å². The fourth-order valence-electron chi connectivity index (χ4n) is 5.72. The summed E-state index contributed by atoms with van der Waals surface area (Å²) in [4.78, 5) is 27.8. The van der Waals surface area contributed by atoms with Crippen LogP contribution in [0.2, 0.25) is 0 Å². The monoisotopic (exact) mass is 473 g/mol. The van der Waals surface area contributed by atoms with Crippen LogP contribution in [0.25, 0.3) is 0 Å². The molecular weight excluding hydrogens is 430 g/mol. The maximum absolute atomic E-state index is 13.3. The highest BCUT2D eigenvalue weighted by molar-refractivity contribution is 5.72. The number of carbonyl (C=O) groups is 2. The lowest BCUT2D eigenvalue weighted by Gasteiger charge is -2.33. The molecule has 0 bridgehead atoms. The molecule has 0 spiro atoms. The van der Waals surface area contributed by atoms with Crippen molar-refractivity contribution in [3.05, 3.63) is 35.9 Å². The van der Waals surface area contributed by atoms with Crippen LogP contribution in [0, 0.1) is 17.8 Å². The summed E-state index contributed by atoms with van der Waals surface area (Å²) in [5.41, 5.74) is 0.132. The third-order valence-corrected chi connectivity index (χ3v) is 7.29. The first kappa shape index (κ1) is 26.5. The Labute approximate surface area is 205 Å². The van der Waals surface area contributed by atoms with Crippen molar-refractivity contribution in [1.82, 2.24) is 4.90 Å². The third-order valence-electron chi connectivity index (χ3n) is 7.29. The Morgan fingerprint density at radius 2 is 1.74 bits per heavy atom. The maximum atomic E-state index is 13.3. The van der Waals surface area contributed by atoms with E-state index in [1.165, 1.54) is 39.2 Å². The van der Waals surface area contributed by atoms with Crippen LogP contribution in [-0.4, -0.2) is 41.9 Å². The third kappa shape index (κ3) is 6.97. The fraction of sp³-hybridized carbons (Fsp3) is 0.714. The van der Waals surface area contributed by atoms with Crippen molar-refractivity contribution in [1.29, 1.82) is 0 Å². The molecule has 2 aliphatic rings. The van der Waals surface area contributed by atoms with Gasteiger partial charge in [-0.3, -0.25) is 9.69 Å². The number of methoxy groups -OCH3 is 1. The summed E-state index contributed by atoms with van der Waals surface area (Å²) in [6, 6.07) is 9.54. The Kier molecular flexibility index (Phi) is 9.40. The van der Waals surface area contributed by atoms with Gasteiger partial charge in [-0.15, -0.1) is 0 Å². The molecule has 1 amide bonds. The number of rotatable bonds is 9. The zero-order chi connectivity index (χ0) is 24.7. The lowest BCUT2D eigenvalue weighted by Crippen LogP contribution is -2.49. The Morgan fingerprint density at radius 1 is 1.06 bits per heavy atom. The van der Waals surface area contributed by atoms with Crippen LogP contribution >= 0.6 is 0 Å². The van der Waals surface area contributed by atoms with E-state index in [0.717, 1.165) is 18.4 Å². The second-order valence-corrected chi connectivity index (χ2v) is 10.9. The van der Waals surface area contributed by atoms with Crippen molar-refractivity contribution >= 4 is 12.1 Å². The van der Waals surface area contributed by atoms with Gasteiger partial charge in [0.05, 0.1) is 25.2 Å². The highest BCUT2D eigenvalue weighted by Gasteiger charge is 2.51. The van der Waals surface area contributed by atoms with Gasteiger partial charge in [0.2, 0.25) is 0 Å². The molecule has 1 aliphatic carbocycles. The van der Waals surface area contributed by atoms with Gasteiger partial charge in [-0.1, -0.05) is 76.3 Å². The standard InChI is InChI=1S/C28H43NO5/c1-20(2)16-24-25(18-23(26(30)32-5)17-21-12-8-6-9-13-21)34-28(3,4)29(24)27(31)33-19-22-14-10-7-11-15-22/h7,10-11,14-15,20-21,23-25H,6,8-9,12-13,16-19H2,1-5H3/t23-,24+,25+/m1/s1. The number of carbonyl (C=O) groups excluding carboxylic acids is 2. The normalized spacial score (nSPS) is 23.6. The van der Waals surface area contributed by atoms with Crippen LogP contribution in [-0.2, 0) is 25.6 Å². The van der Waals surface area contributed by atoms with Gasteiger partial charge >= 0.3 is 12.1 Å². The second kappa shape index (κ2) is 12.1. The molecule has 0 aromatic heterocycles. The summed E-state index contributed by atoms with van der Waals surface area (Å²) in [6.07, 6.45) is 7.69. The first-order valence-corrected chi connectivity index (χ1v) is 13.0. The summed E-state index contributed by atoms with van der Waals surface area (Å²) in [6.45, 7) is 8.35. The molecule has 1 heterocycles. The van der Waals surface area contributed by atoms with Crippen molar-refractivity contribution in [2.75, 3.05) is 7.11 Å². The molecule has 1 saturated carbocycles. The molecular formula is C28H43NO5. The average Bonchev–Trinajstić information content (AvgIpc) is 3.06. The van der Waals surface area contributed by atoms with Gasteiger partial charge in [0.25, 0.3) is 0 Å². The SMILES string of the molecule is COC(=O)[C@H](CC1CCCCC1)C[C@@H]1OC(C)(C)N(C(=O)OCc2ccccc2)[C@H]1CC(C)C. The first-order valence-electron chi connectivity index (χ1n) is 13.0. The number of esters is 1. The van der Waals surface area contributed by atoms with E-state index in [1.54, 1.807) is 4.90 Å². The molecule has 190 valence electrons. The van der Waals surface area contributed by atoms with E-state index in [2.05, 4.69) is 13.8 Å². The van der Waals surface area contributed by atoms with Crippen LogP contribution in [0.4, 0.5) is 4.79 Å². The van der Waals surface area contributed by atoms with E-state index in [1.807, 2.05) is 44.2 Å². The molecule has 0 N–H and O–H groups in total.